The third-order valence-corrected chi connectivity index (χ3v) is 9.68. The Kier molecular flexibility index (Phi) is 9.15. The van der Waals surface area contributed by atoms with Crippen molar-refractivity contribution in [2.24, 2.45) is 0 Å². The van der Waals surface area contributed by atoms with Crippen LogP contribution >= 0.6 is 11.6 Å². The Hall–Kier alpha value is -3.99. The molecule has 1 aromatic heterocycles. The van der Waals surface area contributed by atoms with Gasteiger partial charge in [-0.3, -0.25) is 9.52 Å². The Morgan fingerprint density at radius 3 is 2.28 bits per heavy atom. The highest BCUT2D eigenvalue weighted by Gasteiger charge is 2.39. The Balaban J connectivity index is 0.000000541. The minimum Gasteiger partial charge on any atom is -0.475 e. The summed E-state index contributed by atoms with van der Waals surface area (Å²) in [6, 6.07) is 19.4. The minimum atomic E-state index is -5.08. The molecule has 0 bridgehead atoms. The van der Waals surface area contributed by atoms with E-state index in [-0.39, 0.29) is 22.8 Å². The highest BCUT2D eigenvalue weighted by molar-refractivity contribution is 7.90. The summed E-state index contributed by atoms with van der Waals surface area (Å²) in [5, 5.41) is 6.22. The van der Waals surface area contributed by atoms with Crippen molar-refractivity contribution in [2.45, 2.75) is 35.2 Å². The van der Waals surface area contributed by atoms with Crippen molar-refractivity contribution in [3.05, 3.63) is 94.8 Å². The quantitative estimate of drug-likeness (QED) is 0.230. The normalized spacial score (nSPS) is 17.1. The predicted molar refractivity (Wildman–Crippen MR) is 149 cm³/mol. The summed E-state index contributed by atoms with van der Waals surface area (Å²) in [5.41, 5.74) is 2.41. The van der Waals surface area contributed by atoms with Crippen LogP contribution < -0.4 is 9.44 Å². The first kappa shape index (κ1) is 31.9. The number of rotatable bonds is 7. The number of aromatic nitrogens is 2. The molecule has 2 atom stereocenters. The number of aromatic amines is 1. The van der Waals surface area contributed by atoms with Gasteiger partial charge in [0.1, 0.15) is 11.1 Å². The number of aliphatic carboxylic acids is 1. The molecule has 43 heavy (non-hydrogen) atoms. The fraction of sp³-hybridized carbons (Fsp3) is 0.192. The molecule has 17 heteroatoms. The third-order valence-electron chi connectivity index (χ3n) is 6.18. The van der Waals surface area contributed by atoms with Gasteiger partial charge in [-0.15, -0.1) is 0 Å². The molecular weight excluding hydrogens is 637 g/mol. The summed E-state index contributed by atoms with van der Waals surface area (Å²) in [6.07, 6.45) is -5.11. The molecule has 1 fully saturated rings. The number of fused-ring (bicyclic) bond motifs is 1. The molecule has 5 rings (SSSR count). The number of nitrogens with zero attached hydrogens (tertiary/aromatic N) is 1. The summed E-state index contributed by atoms with van der Waals surface area (Å²) < 4.78 is 87.2. The van der Waals surface area contributed by atoms with E-state index in [1.54, 1.807) is 36.4 Å². The van der Waals surface area contributed by atoms with E-state index in [2.05, 4.69) is 14.7 Å². The average molecular weight is 659 g/mol. The van der Waals surface area contributed by atoms with Gasteiger partial charge in [0, 0.05) is 5.02 Å². The van der Waals surface area contributed by atoms with Gasteiger partial charge < -0.3 is 10.1 Å². The lowest BCUT2D eigenvalue weighted by molar-refractivity contribution is -0.192. The van der Waals surface area contributed by atoms with Gasteiger partial charge in [0.25, 0.3) is 0 Å². The second-order valence-corrected chi connectivity index (χ2v) is 13.2. The summed E-state index contributed by atoms with van der Waals surface area (Å²) in [5.74, 6) is -2.92. The summed E-state index contributed by atoms with van der Waals surface area (Å²) in [4.78, 5) is 28.4. The van der Waals surface area contributed by atoms with Crippen molar-refractivity contribution in [1.29, 1.82) is 0 Å². The van der Waals surface area contributed by atoms with E-state index in [4.69, 9.17) is 21.5 Å². The van der Waals surface area contributed by atoms with Gasteiger partial charge in [0.05, 0.1) is 28.4 Å². The first-order chi connectivity index (χ1) is 20.1. The van der Waals surface area contributed by atoms with Crippen LogP contribution in [0.2, 0.25) is 5.02 Å². The second kappa shape index (κ2) is 12.3. The van der Waals surface area contributed by atoms with Crippen LogP contribution in [-0.2, 0) is 36.1 Å². The number of imidazole rings is 1. The van der Waals surface area contributed by atoms with Crippen LogP contribution in [0, 0.1) is 0 Å². The van der Waals surface area contributed by atoms with Gasteiger partial charge >= 0.3 is 12.1 Å². The highest BCUT2D eigenvalue weighted by atomic mass is 35.5. The maximum absolute atomic E-state index is 13.1. The van der Waals surface area contributed by atoms with Crippen molar-refractivity contribution >= 4 is 54.6 Å². The molecule has 1 saturated heterocycles. The van der Waals surface area contributed by atoms with Crippen LogP contribution in [0.1, 0.15) is 34.7 Å². The SMILES string of the molecule is O=C(O)C(F)(F)F.O=C1CC(c2ccc(C[C@H](NS(=O)(=O)c3ccccc3)c3nc4ccccc4[nH]3)cc2Cl)S(=O)(=O)N1. The molecule has 11 nitrogen and oxygen atoms in total. The molecule has 0 radical (unpaired) electrons. The number of benzene rings is 3. The van der Waals surface area contributed by atoms with Gasteiger partial charge in [-0.1, -0.05) is 54.1 Å². The lowest BCUT2D eigenvalue weighted by atomic mass is 10.0. The van der Waals surface area contributed by atoms with E-state index in [9.17, 15) is 34.8 Å². The number of hydrogen-bond donors (Lipinski definition) is 4. The molecule has 1 aliphatic rings. The molecule has 228 valence electrons. The Bertz CT molecular complexity index is 1850. The molecule has 0 aliphatic carbocycles. The molecule has 1 unspecified atom stereocenters. The maximum Gasteiger partial charge on any atom is 0.490 e. The Morgan fingerprint density at radius 2 is 1.72 bits per heavy atom. The summed E-state index contributed by atoms with van der Waals surface area (Å²) in [6.45, 7) is 0. The zero-order valence-corrected chi connectivity index (χ0v) is 24.1. The van der Waals surface area contributed by atoms with Crippen LogP contribution in [0.25, 0.3) is 11.0 Å². The number of carboxylic acids is 1. The van der Waals surface area contributed by atoms with E-state index in [0.717, 1.165) is 5.52 Å². The smallest absolute Gasteiger partial charge is 0.475 e. The third kappa shape index (κ3) is 7.70. The molecule has 4 N–H and O–H groups in total. The van der Waals surface area contributed by atoms with Crippen molar-refractivity contribution in [3.8, 4) is 0 Å². The molecular formula is C26H22ClF3N4O7S2. The molecule has 2 heterocycles. The second-order valence-electron chi connectivity index (χ2n) is 9.25. The van der Waals surface area contributed by atoms with Crippen LogP contribution in [0.4, 0.5) is 13.2 Å². The maximum atomic E-state index is 13.1. The van der Waals surface area contributed by atoms with Crippen LogP contribution in [0.15, 0.2) is 77.7 Å². The topological polar surface area (TPSA) is 175 Å². The van der Waals surface area contributed by atoms with Gasteiger partial charge in [-0.2, -0.15) is 13.2 Å². The number of halogens is 4. The van der Waals surface area contributed by atoms with Crippen molar-refractivity contribution in [2.75, 3.05) is 0 Å². The molecule has 3 aromatic carbocycles. The predicted octanol–water partition coefficient (Wildman–Crippen LogP) is 4.00. The number of H-pyrrole nitrogens is 1. The van der Waals surface area contributed by atoms with Gasteiger partial charge in [-0.25, -0.2) is 31.3 Å². The van der Waals surface area contributed by atoms with Gasteiger partial charge in [-0.05, 0) is 47.9 Å². The first-order valence-electron chi connectivity index (χ1n) is 12.2. The van der Waals surface area contributed by atoms with Crippen LogP contribution in [0.5, 0.6) is 0 Å². The number of nitrogens with one attached hydrogen (secondary N) is 3. The van der Waals surface area contributed by atoms with E-state index in [1.165, 1.54) is 12.1 Å². The van der Waals surface area contributed by atoms with E-state index < -0.39 is 49.4 Å². The summed E-state index contributed by atoms with van der Waals surface area (Å²) in [7, 11) is -7.74. The average Bonchev–Trinajstić information content (AvgIpc) is 3.48. The van der Waals surface area contributed by atoms with Crippen LogP contribution in [0.3, 0.4) is 0 Å². The van der Waals surface area contributed by atoms with Crippen molar-refractivity contribution in [1.82, 2.24) is 19.4 Å². The van der Waals surface area contributed by atoms with Crippen LogP contribution in [-0.4, -0.2) is 50.0 Å². The number of carboxylic acid groups (broad SMARTS) is 1. The lowest BCUT2D eigenvalue weighted by Gasteiger charge is -2.18. The highest BCUT2D eigenvalue weighted by Crippen LogP contribution is 2.35. The molecule has 1 aliphatic heterocycles. The number of hydrogen-bond acceptors (Lipinski definition) is 7. The number of amides is 1. The van der Waals surface area contributed by atoms with Crippen molar-refractivity contribution in [3.63, 3.8) is 0 Å². The summed E-state index contributed by atoms with van der Waals surface area (Å²) >= 11 is 6.44. The molecule has 0 spiro atoms. The van der Waals surface area contributed by atoms with E-state index >= 15 is 0 Å². The Labute approximate surface area is 248 Å². The lowest BCUT2D eigenvalue weighted by Crippen LogP contribution is -2.31. The fourth-order valence-corrected chi connectivity index (χ4v) is 7.28. The first-order valence-corrected chi connectivity index (χ1v) is 15.6. The molecule has 0 saturated carbocycles. The number of sulfonamides is 2. The number of carbonyl (C=O) groups is 2. The largest absolute Gasteiger partial charge is 0.490 e. The Morgan fingerprint density at radius 1 is 1.09 bits per heavy atom. The van der Waals surface area contributed by atoms with E-state index in [1.807, 2.05) is 29.0 Å². The standard InChI is InChI=1S/C24H21ClN4O5S2.C2HF3O2/c25-18-12-15(10-11-17(18)22-14-23(30)29-36(22,33)34)13-21(24-26-19-8-4-5-9-20(19)27-24)28-35(31,32)16-6-2-1-3-7-16;3-2(4,5)1(6)7/h1-12,21-22,28H,13-14H2,(H,26,27)(H,29,30);(H,6,7)/t21-,22?;/m0./s1. The monoisotopic (exact) mass is 658 g/mol. The van der Waals surface area contributed by atoms with Gasteiger partial charge in [0.15, 0.2) is 0 Å². The van der Waals surface area contributed by atoms with E-state index in [0.29, 0.717) is 22.5 Å². The van der Waals surface area contributed by atoms with Gasteiger partial charge in [0.2, 0.25) is 26.0 Å². The zero-order chi connectivity index (χ0) is 31.6. The minimum absolute atomic E-state index is 0.114. The van der Waals surface area contributed by atoms with Crippen molar-refractivity contribution < 1.29 is 44.7 Å². The number of para-hydroxylation sites is 2. The number of alkyl halides is 3. The molecule has 4 aromatic rings. The molecule has 1 amide bonds. The number of carbonyl (C=O) groups excluding carboxylic acids is 1. The zero-order valence-electron chi connectivity index (χ0n) is 21.7. The fourth-order valence-electron chi connectivity index (χ4n) is 4.21.